The highest BCUT2D eigenvalue weighted by molar-refractivity contribution is 6.07. The van der Waals surface area contributed by atoms with Crippen LogP contribution in [-0.2, 0) is 16.9 Å². The summed E-state index contributed by atoms with van der Waals surface area (Å²) in [5, 5.41) is 13.0. The van der Waals surface area contributed by atoms with Gasteiger partial charge in [0.25, 0.3) is 11.6 Å². The highest BCUT2D eigenvalue weighted by atomic mass is 19.2. The van der Waals surface area contributed by atoms with Crippen LogP contribution in [0.25, 0.3) is 0 Å². The molecule has 0 aromatic heterocycles. The smallest absolute Gasteiger partial charge is 0.319 e. The number of carbonyl (C=O) groups excluding carboxylic acids is 2. The molecule has 0 aliphatic carbocycles. The third kappa shape index (κ3) is 3.05. The molecule has 12 heteroatoms. The number of carbonyl (C=O) groups is 2. The molecule has 2 aromatic carbocycles. The van der Waals surface area contributed by atoms with E-state index in [4.69, 9.17) is 0 Å². The summed E-state index contributed by atoms with van der Waals surface area (Å²) < 4.78 is 67.7. The standard InChI is InChI=1S/C17H10F5N3O4/c1-17(7-2-4-8(5-3-7)25(28)29)15(26)24(16(27)23-17)6-9-10(18)12(20)14(22)13(21)11(9)19/h2-5H,6H2,1H3,(H,23,27). The summed E-state index contributed by atoms with van der Waals surface area (Å²) in [6.45, 7) is 0.0198. The fourth-order valence-electron chi connectivity index (χ4n) is 2.90. The van der Waals surface area contributed by atoms with Crippen LogP contribution in [0.2, 0.25) is 0 Å². The number of nitro groups is 1. The molecule has 1 aliphatic rings. The molecule has 152 valence electrons. The van der Waals surface area contributed by atoms with Crippen LogP contribution < -0.4 is 5.32 Å². The van der Waals surface area contributed by atoms with Crippen LogP contribution in [0.4, 0.5) is 32.4 Å². The van der Waals surface area contributed by atoms with Gasteiger partial charge in [0.05, 0.1) is 11.5 Å². The number of non-ortho nitro benzene ring substituents is 1. The largest absolute Gasteiger partial charge is 0.325 e. The van der Waals surface area contributed by atoms with Gasteiger partial charge in [-0.05, 0) is 24.6 Å². The van der Waals surface area contributed by atoms with Crippen LogP contribution in [0, 0.1) is 39.2 Å². The number of halogens is 5. The van der Waals surface area contributed by atoms with Crippen molar-refractivity contribution in [2.75, 3.05) is 0 Å². The number of hydrogen-bond donors (Lipinski definition) is 1. The predicted molar refractivity (Wildman–Crippen MR) is 85.8 cm³/mol. The first-order valence-electron chi connectivity index (χ1n) is 7.88. The molecule has 1 aliphatic heterocycles. The first kappa shape index (κ1) is 20.2. The Morgan fingerprint density at radius 2 is 1.45 bits per heavy atom. The topological polar surface area (TPSA) is 92.6 Å². The third-order valence-corrected chi connectivity index (χ3v) is 4.55. The summed E-state index contributed by atoms with van der Waals surface area (Å²) in [5.74, 6) is -12.1. The Labute approximate surface area is 158 Å². The van der Waals surface area contributed by atoms with Gasteiger partial charge in [0.2, 0.25) is 5.82 Å². The molecule has 7 nitrogen and oxygen atoms in total. The fourth-order valence-corrected chi connectivity index (χ4v) is 2.90. The van der Waals surface area contributed by atoms with Gasteiger partial charge in [0.1, 0.15) is 5.54 Å². The highest BCUT2D eigenvalue weighted by Crippen LogP contribution is 2.32. The summed E-state index contributed by atoms with van der Waals surface area (Å²) in [7, 11) is 0. The molecule has 0 spiro atoms. The van der Waals surface area contributed by atoms with Gasteiger partial charge in [-0.25, -0.2) is 26.7 Å². The molecule has 1 fully saturated rings. The number of imide groups is 1. The van der Waals surface area contributed by atoms with Crippen molar-refractivity contribution in [1.82, 2.24) is 10.2 Å². The van der Waals surface area contributed by atoms with E-state index < -0.39 is 63.6 Å². The predicted octanol–water partition coefficient (Wildman–Crippen LogP) is 3.26. The summed E-state index contributed by atoms with van der Waals surface area (Å²) in [5.41, 5.74) is -3.29. The van der Waals surface area contributed by atoms with Crippen molar-refractivity contribution in [3.63, 3.8) is 0 Å². The monoisotopic (exact) mass is 415 g/mol. The lowest BCUT2D eigenvalue weighted by Crippen LogP contribution is -2.40. The van der Waals surface area contributed by atoms with Gasteiger partial charge < -0.3 is 5.32 Å². The van der Waals surface area contributed by atoms with E-state index in [9.17, 15) is 41.7 Å². The molecule has 2 aromatic rings. The van der Waals surface area contributed by atoms with Gasteiger partial charge >= 0.3 is 6.03 Å². The Kier molecular flexibility index (Phi) is 4.73. The van der Waals surface area contributed by atoms with Crippen LogP contribution in [-0.4, -0.2) is 21.8 Å². The molecular formula is C17H10F5N3O4. The molecule has 0 bridgehead atoms. The lowest BCUT2D eigenvalue weighted by molar-refractivity contribution is -0.384. The first-order valence-corrected chi connectivity index (χ1v) is 7.88. The van der Waals surface area contributed by atoms with Crippen molar-refractivity contribution in [2.45, 2.75) is 19.0 Å². The molecule has 1 saturated heterocycles. The van der Waals surface area contributed by atoms with Crippen molar-refractivity contribution >= 4 is 17.6 Å². The SMILES string of the molecule is CC1(c2ccc([N+](=O)[O-])cc2)NC(=O)N(Cc2c(F)c(F)c(F)c(F)c2F)C1=O. The van der Waals surface area contributed by atoms with E-state index in [1.165, 1.54) is 19.1 Å². The van der Waals surface area contributed by atoms with E-state index in [1.54, 1.807) is 0 Å². The fraction of sp³-hybridized carbons (Fsp3) is 0.176. The number of nitro benzene ring substituents is 1. The number of hydrogen-bond acceptors (Lipinski definition) is 4. The highest BCUT2D eigenvalue weighted by Gasteiger charge is 2.49. The van der Waals surface area contributed by atoms with Crippen molar-refractivity contribution in [3.8, 4) is 0 Å². The average Bonchev–Trinajstić information content (AvgIpc) is 2.91. The maximum absolute atomic E-state index is 13.9. The van der Waals surface area contributed by atoms with Gasteiger partial charge in [0.15, 0.2) is 23.3 Å². The van der Waals surface area contributed by atoms with Crippen LogP contribution in [0.15, 0.2) is 24.3 Å². The Morgan fingerprint density at radius 3 is 1.93 bits per heavy atom. The summed E-state index contributed by atoms with van der Waals surface area (Å²) in [6, 6.07) is 3.40. The second-order valence-electron chi connectivity index (χ2n) is 6.30. The minimum absolute atomic E-state index is 0.112. The van der Waals surface area contributed by atoms with Gasteiger partial charge in [0, 0.05) is 17.7 Å². The molecule has 1 unspecified atom stereocenters. The zero-order chi connectivity index (χ0) is 21.7. The molecular weight excluding hydrogens is 405 g/mol. The zero-order valence-corrected chi connectivity index (χ0v) is 14.4. The molecule has 29 heavy (non-hydrogen) atoms. The molecule has 0 radical (unpaired) electrons. The second-order valence-corrected chi connectivity index (χ2v) is 6.30. The van der Waals surface area contributed by atoms with Crippen LogP contribution in [0.1, 0.15) is 18.1 Å². The molecule has 1 atom stereocenters. The van der Waals surface area contributed by atoms with Crippen LogP contribution in [0.3, 0.4) is 0 Å². The number of nitrogens with zero attached hydrogens (tertiary/aromatic N) is 2. The first-order chi connectivity index (χ1) is 13.5. The Bertz CT molecular complexity index is 1030. The van der Waals surface area contributed by atoms with Crippen LogP contribution >= 0.6 is 0 Å². The van der Waals surface area contributed by atoms with E-state index >= 15 is 0 Å². The normalized spacial score (nSPS) is 18.9. The third-order valence-electron chi connectivity index (χ3n) is 4.55. The zero-order valence-electron chi connectivity index (χ0n) is 14.4. The number of nitrogens with one attached hydrogen (secondary N) is 1. The molecule has 3 rings (SSSR count). The van der Waals surface area contributed by atoms with E-state index in [2.05, 4.69) is 5.32 Å². The van der Waals surface area contributed by atoms with Crippen molar-refractivity contribution < 1.29 is 36.5 Å². The number of rotatable bonds is 4. The second kappa shape index (κ2) is 6.79. The average molecular weight is 415 g/mol. The van der Waals surface area contributed by atoms with Gasteiger partial charge in [-0.3, -0.25) is 19.8 Å². The number of benzene rings is 2. The summed E-state index contributed by atoms with van der Waals surface area (Å²) in [6.07, 6.45) is 0. The van der Waals surface area contributed by atoms with E-state index in [0.717, 1.165) is 12.1 Å². The van der Waals surface area contributed by atoms with E-state index in [1.807, 2.05) is 0 Å². The van der Waals surface area contributed by atoms with Crippen molar-refractivity contribution in [1.29, 1.82) is 0 Å². The van der Waals surface area contributed by atoms with E-state index in [0.29, 0.717) is 4.90 Å². The number of amides is 3. The molecule has 1 N–H and O–H groups in total. The van der Waals surface area contributed by atoms with Gasteiger partial charge in [-0.1, -0.05) is 0 Å². The van der Waals surface area contributed by atoms with Gasteiger partial charge in [-0.15, -0.1) is 0 Å². The molecule has 1 heterocycles. The Hall–Kier alpha value is -3.57. The maximum Gasteiger partial charge on any atom is 0.325 e. The molecule has 3 amide bonds. The van der Waals surface area contributed by atoms with E-state index in [-0.39, 0.29) is 11.3 Å². The Morgan fingerprint density at radius 1 is 0.966 bits per heavy atom. The van der Waals surface area contributed by atoms with Crippen molar-refractivity contribution in [3.05, 3.63) is 74.6 Å². The van der Waals surface area contributed by atoms with Gasteiger partial charge in [-0.2, -0.15) is 0 Å². The Balaban J connectivity index is 1.97. The lowest BCUT2D eigenvalue weighted by atomic mass is 9.92. The summed E-state index contributed by atoms with van der Waals surface area (Å²) >= 11 is 0. The molecule has 0 saturated carbocycles. The lowest BCUT2D eigenvalue weighted by Gasteiger charge is -2.22. The minimum atomic E-state index is -2.36. The maximum atomic E-state index is 13.9. The quantitative estimate of drug-likeness (QED) is 0.207. The number of urea groups is 1. The van der Waals surface area contributed by atoms with Crippen molar-refractivity contribution in [2.24, 2.45) is 0 Å². The van der Waals surface area contributed by atoms with Crippen LogP contribution in [0.5, 0.6) is 0 Å². The minimum Gasteiger partial charge on any atom is -0.319 e. The summed E-state index contributed by atoms with van der Waals surface area (Å²) in [4.78, 5) is 35.3.